The van der Waals surface area contributed by atoms with E-state index in [0.717, 1.165) is 4.57 Å². The van der Waals surface area contributed by atoms with Crippen molar-refractivity contribution < 1.29 is 25.0 Å². The number of carbonyl (C=O) groups is 1. The molecule has 1 heterocycles. The average molecular weight is 842 g/mol. The molecule has 11 heteroatoms. The summed E-state index contributed by atoms with van der Waals surface area (Å²) in [6.45, 7) is 37.5. The third kappa shape index (κ3) is 9.41. The Balaban J connectivity index is 2.48. The molecule has 0 atom stereocenters. The van der Waals surface area contributed by atoms with Crippen molar-refractivity contribution in [3.8, 4) is 17.2 Å². The smallest absolute Gasteiger partial charge is 0.370 e. The largest absolute Gasteiger partial charge is 0.507 e. The number of carbonyl (C=O) groups excluding carboxylic acids is 1. The van der Waals surface area contributed by atoms with Gasteiger partial charge in [0.15, 0.2) is 0 Å². The van der Waals surface area contributed by atoms with Crippen molar-refractivity contribution in [2.24, 2.45) is 0 Å². The first-order chi connectivity index (χ1) is 27.4. The highest BCUT2D eigenvalue weighted by molar-refractivity contribution is 5.77. The lowest BCUT2D eigenvalue weighted by atomic mass is 9.62. The summed E-state index contributed by atoms with van der Waals surface area (Å²) < 4.78 is 1.02. The fourth-order valence-electron chi connectivity index (χ4n) is 8.08. The Morgan fingerprint density at radius 3 is 1.00 bits per heavy atom. The number of H-pyrrole nitrogens is 1. The van der Waals surface area contributed by atoms with Gasteiger partial charge in [-0.3, -0.25) is 4.98 Å². The van der Waals surface area contributed by atoms with Crippen molar-refractivity contribution in [3.05, 3.63) is 118 Å². The third-order valence-electron chi connectivity index (χ3n) is 11.6. The Morgan fingerprint density at radius 2 is 0.770 bits per heavy atom. The molecular weight excluding hydrogens is 771 g/mol. The molecule has 334 valence electrons. The van der Waals surface area contributed by atoms with Gasteiger partial charge in [0.2, 0.25) is 0 Å². The number of nitrogens with one attached hydrogen (secondary N) is 1. The minimum atomic E-state index is -1.57. The second kappa shape index (κ2) is 15.7. The number of aromatic hydroxyl groups is 3. The van der Waals surface area contributed by atoms with E-state index in [2.05, 4.69) is 4.98 Å². The summed E-state index contributed by atoms with van der Waals surface area (Å²) in [5.41, 5.74) is -2.99. The van der Waals surface area contributed by atoms with Gasteiger partial charge in [0.05, 0.1) is 11.8 Å². The second-order valence-electron chi connectivity index (χ2n) is 22.9. The Morgan fingerprint density at radius 1 is 0.508 bits per heavy atom. The maximum atomic E-state index is 15.1. The summed E-state index contributed by atoms with van der Waals surface area (Å²) in [6.07, 6.45) is -0.516. The Bertz CT molecular complexity index is 2230. The van der Waals surface area contributed by atoms with E-state index in [1.54, 1.807) is 6.92 Å². The molecule has 0 aliphatic heterocycles. The highest BCUT2D eigenvalue weighted by Crippen LogP contribution is 2.53. The van der Waals surface area contributed by atoms with Crippen molar-refractivity contribution in [1.82, 2.24) is 14.3 Å². The summed E-state index contributed by atoms with van der Waals surface area (Å²) in [7, 11) is 0. The molecule has 4 N–H and O–H groups in total. The van der Waals surface area contributed by atoms with E-state index in [0.29, 0.717) is 50.1 Å². The van der Waals surface area contributed by atoms with Crippen molar-refractivity contribution in [2.75, 3.05) is 0 Å². The van der Waals surface area contributed by atoms with E-state index in [9.17, 15) is 29.7 Å². The summed E-state index contributed by atoms with van der Waals surface area (Å²) in [5.74, 6) is -0.629. The zero-order valence-corrected chi connectivity index (χ0v) is 40.2. The molecule has 4 aromatic rings. The van der Waals surface area contributed by atoms with Gasteiger partial charge in [0.25, 0.3) is 0 Å². The summed E-state index contributed by atoms with van der Waals surface area (Å²) in [6, 6.07) is 11.5. The topological polar surface area (TPSA) is 164 Å². The minimum Gasteiger partial charge on any atom is -0.507 e. The van der Waals surface area contributed by atoms with Gasteiger partial charge in [-0.1, -0.05) is 166 Å². The molecular formula is C50H71N3O8. The molecule has 61 heavy (non-hydrogen) atoms. The summed E-state index contributed by atoms with van der Waals surface area (Å²) >= 11 is 0. The summed E-state index contributed by atoms with van der Waals surface area (Å²) in [5, 5.41) is 36.3. The standard InChI is InChI=1S/C50H71N3O8/c1-20-52-41(58)51-42(59)53(43(52)60)61-37(54)27-50(28-21-31(44(2,3)4)38(55)32(22-28)45(5,6)7,29-23-33(46(8,9)10)39(56)34(24-29)47(11,12)13)30-25-35(48(14,15)16)40(57)36(26-30)49(17,18)19/h21-26,55-57H,20,27H2,1-19H3,(H,51,58,59). The molecule has 0 aliphatic rings. The predicted octanol–water partition coefficient (Wildman–Crippen LogP) is 9.00. The predicted molar refractivity (Wildman–Crippen MR) is 244 cm³/mol. The number of benzene rings is 3. The van der Waals surface area contributed by atoms with Gasteiger partial charge in [-0.2, -0.15) is 0 Å². The number of rotatable bonds is 7. The van der Waals surface area contributed by atoms with Crippen LogP contribution in [0.2, 0.25) is 0 Å². The van der Waals surface area contributed by atoms with Crippen molar-refractivity contribution >= 4 is 5.97 Å². The lowest BCUT2D eigenvalue weighted by Gasteiger charge is -2.41. The maximum Gasteiger partial charge on any atom is 0.370 e. The highest BCUT2D eigenvalue weighted by Gasteiger charge is 2.45. The fraction of sp³-hybridized carbons (Fsp3) is 0.560. The van der Waals surface area contributed by atoms with Gasteiger partial charge < -0.3 is 20.2 Å². The number of phenolic OH excluding ortho intramolecular Hbond substituents is 3. The zero-order valence-electron chi connectivity index (χ0n) is 40.2. The van der Waals surface area contributed by atoms with E-state index in [1.165, 1.54) is 0 Å². The molecule has 1 aromatic heterocycles. The van der Waals surface area contributed by atoms with Gasteiger partial charge in [-0.25, -0.2) is 23.7 Å². The van der Waals surface area contributed by atoms with Crippen LogP contribution in [-0.2, 0) is 49.2 Å². The molecule has 4 rings (SSSR count). The summed E-state index contributed by atoms with van der Waals surface area (Å²) in [4.78, 5) is 62.2. The van der Waals surface area contributed by atoms with Gasteiger partial charge in [-0.05, 0) is 89.5 Å². The van der Waals surface area contributed by atoms with Crippen molar-refractivity contribution in [3.63, 3.8) is 0 Å². The van der Waals surface area contributed by atoms with Crippen LogP contribution in [0.5, 0.6) is 17.2 Å². The van der Waals surface area contributed by atoms with Crippen LogP contribution in [0.1, 0.15) is 188 Å². The number of aromatic amines is 1. The van der Waals surface area contributed by atoms with E-state index in [4.69, 9.17) is 4.84 Å². The average Bonchev–Trinajstić information content (AvgIpc) is 3.06. The Hall–Kier alpha value is -5.06. The molecule has 0 saturated carbocycles. The number of nitrogens with zero attached hydrogens (tertiary/aromatic N) is 2. The molecule has 0 bridgehead atoms. The molecule has 11 nitrogen and oxygen atoms in total. The molecule has 0 radical (unpaired) electrons. The van der Waals surface area contributed by atoms with Crippen LogP contribution in [0.15, 0.2) is 50.8 Å². The van der Waals surface area contributed by atoms with E-state index < -0.39 is 67.4 Å². The normalized spacial score (nSPS) is 13.4. The lowest BCUT2D eigenvalue weighted by molar-refractivity contribution is -0.146. The quantitative estimate of drug-likeness (QED) is 0.134. The first kappa shape index (κ1) is 48.6. The molecule has 0 aliphatic carbocycles. The SMILES string of the molecule is CCn1c(=O)[nH]c(=O)n(OC(=O)CC(c2cc(C(C)(C)C)c(O)c(C(C)(C)C)c2)(c2cc(C(C)(C)C)c(O)c(C(C)(C)C)c2)c2cc(C(C)(C)C)c(O)c(C(C)(C)C)c2)c1=O. The van der Waals surface area contributed by atoms with Crippen LogP contribution < -0.4 is 21.9 Å². The first-order valence-corrected chi connectivity index (χ1v) is 21.2. The lowest BCUT2D eigenvalue weighted by Crippen LogP contribution is -2.53. The van der Waals surface area contributed by atoms with Crippen LogP contribution in [0.3, 0.4) is 0 Å². The zero-order chi connectivity index (χ0) is 47.0. The van der Waals surface area contributed by atoms with Crippen LogP contribution in [0, 0.1) is 0 Å². The number of aromatic nitrogens is 3. The van der Waals surface area contributed by atoms with E-state index in [1.807, 2.05) is 161 Å². The third-order valence-corrected chi connectivity index (χ3v) is 11.6. The first-order valence-electron chi connectivity index (χ1n) is 21.2. The van der Waals surface area contributed by atoms with Gasteiger partial charge in [-0.15, -0.1) is 0 Å². The van der Waals surface area contributed by atoms with Crippen LogP contribution >= 0.6 is 0 Å². The fourth-order valence-corrected chi connectivity index (χ4v) is 8.08. The van der Waals surface area contributed by atoms with Crippen LogP contribution in [0.25, 0.3) is 0 Å². The van der Waals surface area contributed by atoms with Gasteiger partial charge in [0, 0.05) is 6.54 Å². The molecule has 0 saturated heterocycles. The second-order valence-corrected chi connectivity index (χ2v) is 22.9. The monoisotopic (exact) mass is 842 g/mol. The highest BCUT2D eigenvalue weighted by atomic mass is 16.7. The minimum absolute atomic E-state index is 0.0913. The molecule has 0 unspecified atom stereocenters. The molecule has 0 spiro atoms. The number of hydrogen-bond donors (Lipinski definition) is 4. The molecule has 0 fully saturated rings. The van der Waals surface area contributed by atoms with Crippen molar-refractivity contribution in [1.29, 1.82) is 0 Å². The van der Waals surface area contributed by atoms with Gasteiger partial charge >= 0.3 is 23.0 Å². The Kier molecular flexibility index (Phi) is 12.5. The number of phenols is 3. The van der Waals surface area contributed by atoms with Crippen LogP contribution in [-0.4, -0.2) is 35.6 Å². The van der Waals surface area contributed by atoms with E-state index in [-0.39, 0.29) is 28.5 Å². The maximum absolute atomic E-state index is 15.1. The van der Waals surface area contributed by atoms with Crippen LogP contribution in [0.4, 0.5) is 0 Å². The van der Waals surface area contributed by atoms with E-state index >= 15 is 4.79 Å². The molecule has 3 aromatic carbocycles. The molecule has 0 amide bonds. The van der Waals surface area contributed by atoms with Gasteiger partial charge in [0.1, 0.15) is 17.2 Å². The Labute approximate surface area is 361 Å². The number of hydrogen-bond acceptors (Lipinski definition) is 8. The van der Waals surface area contributed by atoms with Crippen molar-refractivity contribution in [2.45, 2.75) is 182 Å².